The highest BCUT2D eigenvalue weighted by Gasteiger charge is 2.42. The summed E-state index contributed by atoms with van der Waals surface area (Å²) in [5.74, 6) is -0.0253. The molecule has 3 aromatic heterocycles. The molecule has 4 aromatic rings. The fourth-order valence-electron chi connectivity index (χ4n) is 4.30. The number of alkyl halides is 3. The Kier molecular flexibility index (Phi) is 7.00. The van der Waals surface area contributed by atoms with Gasteiger partial charge in [-0.2, -0.15) is 18.3 Å². The van der Waals surface area contributed by atoms with Crippen molar-refractivity contribution in [2.75, 3.05) is 25.6 Å². The second-order valence-electron chi connectivity index (χ2n) is 9.85. The molecule has 0 spiro atoms. The van der Waals surface area contributed by atoms with E-state index in [1.54, 1.807) is 45.0 Å². The van der Waals surface area contributed by atoms with Gasteiger partial charge in [0.25, 0.3) is 0 Å². The Bertz CT molecular complexity index is 1550. The minimum absolute atomic E-state index is 0.191. The third kappa shape index (κ3) is 5.50. The zero-order chi connectivity index (χ0) is 28.7. The van der Waals surface area contributed by atoms with Crippen LogP contribution in [-0.2, 0) is 15.7 Å². The highest BCUT2D eigenvalue weighted by Crippen LogP contribution is 2.36. The first-order chi connectivity index (χ1) is 18.9. The Labute approximate surface area is 227 Å². The van der Waals surface area contributed by atoms with Crippen molar-refractivity contribution in [3.63, 3.8) is 0 Å². The summed E-state index contributed by atoms with van der Waals surface area (Å²) in [4.78, 5) is 20.2. The lowest BCUT2D eigenvalue weighted by Crippen LogP contribution is -2.65. The van der Waals surface area contributed by atoms with Gasteiger partial charge in [-0.25, -0.2) is 19.3 Å². The molecule has 40 heavy (non-hydrogen) atoms. The Morgan fingerprint density at radius 2 is 1.90 bits per heavy atom. The number of hydrogen-bond donors (Lipinski definition) is 2. The number of nitrogens with one attached hydrogen (secondary N) is 1. The second kappa shape index (κ2) is 10.3. The molecule has 5 rings (SSSR count). The number of alkyl carbamates (subject to hydrolysis) is 1. The molecule has 210 valence electrons. The molecule has 0 unspecified atom stereocenters. The summed E-state index contributed by atoms with van der Waals surface area (Å²) in [5.41, 5.74) is 6.64. The highest BCUT2D eigenvalue weighted by atomic mass is 19.4. The molecule has 3 N–H and O–H groups in total. The number of ether oxygens (including phenoxy) is 3. The number of halogens is 3. The largest absolute Gasteiger partial charge is 0.491 e. The van der Waals surface area contributed by atoms with Crippen molar-refractivity contribution < 1.29 is 32.2 Å². The van der Waals surface area contributed by atoms with E-state index in [1.165, 1.54) is 10.7 Å². The second-order valence-corrected chi connectivity index (χ2v) is 9.85. The Morgan fingerprint density at radius 3 is 2.52 bits per heavy atom. The molecule has 0 radical (unpaired) electrons. The number of amides is 1. The Balaban J connectivity index is 1.36. The van der Waals surface area contributed by atoms with E-state index >= 15 is 0 Å². The van der Waals surface area contributed by atoms with Crippen LogP contribution >= 0.6 is 0 Å². The molecule has 0 saturated carbocycles. The average Bonchev–Trinajstić information content (AvgIpc) is 3.20. The summed E-state index contributed by atoms with van der Waals surface area (Å²) in [6, 6.07) is 11.6. The van der Waals surface area contributed by atoms with Crippen LogP contribution in [0, 0.1) is 6.92 Å². The summed E-state index contributed by atoms with van der Waals surface area (Å²) < 4.78 is 58.2. The van der Waals surface area contributed by atoms with Crippen molar-refractivity contribution in [3.8, 4) is 28.3 Å². The predicted molar refractivity (Wildman–Crippen MR) is 140 cm³/mol. The number of hydrogen-bond acceptors (Lipinski definition) is 8. The van der Waals surface area contributed by atoms with Gasteiger partial charge in [0.2, 0.25) is 0 Å². The Hall–Kier alpha value is -4.39. The molecule has 1 amide bonds. The van der Waals surface area contributed by atoms with E-state index in [4.69, 9.17) is 19.9 Å². The summed E-state index contributed by atoms with van der Waals surface area (Å²) in [7, 11) is 0. The summed E-state index contributed by atoms with van der Waals surface area (Å²) in [6.07, 6.45) is -4.15. The fraction of sp³-hybridized carbons (Fsp3) is 0.333. The smallest absolute Gasteiger partial charge is 0.419 e. The van der Waals surface area contributed by atoms with Crippen molar-refractivity contribution in [2.45, 2.75) is 38.6 Å². The number of nitrogens with zero attached hydrogens (tertiary/aromatic N) is 4. The van der Waals surface area contributed by atoms with Crippen LogP contribution in [0.2, 0.25) is 0 Å². The number of imidazole rings is 1. The van der Waals surface area contributed by atoms with Crippen molar-refractivity contribution in [1.82, 2.24) is 24.9 Å². The zero-order valence-corrected chi connectivity index (χ0v) is 22.0. The normalized spacial score (nSPS) is 14.7. The van der Waals surface area contributed by atoms with E-state index in [-0.39, 0.29) is 18.3 Å². The van der Waals surface area contributed by atoms with Crippen LogP contribution in [0.5, 0.6) is 5.75 Å². The van der Waals surface area contributed by atoms with Crippen molar-refractivity contribution in [2.24, 2.45) is 0 Å². The number of anilines is 1. The fourth-order valence-corrected chi connectivity index (χ4v) is 4.30. The maximum atomic E-state index is 13.4. The third-order valence-corrected chi connectivity index (χ3v) is 6.28. The standard InChI is InChI=1S/C27H27F3N6O4/c1-15(2)40-25(37)34-26(12-38-13-26)14-39-19-6-4-17(5-7-19)21-8-9-22-33-16(3)23(36(22)35-21)18-10-20(27(28,29)30)24(31)32-11-18/h4-11,15H,12-14H2,1-3H3,(H2,31,32)(H,34,37). The number of pyridine rings is 1. The first-order valence-electron chi connectivity index (χ1n) is 12.4. The molecule has 10 nitrogen and oxygen atoms in total. The lowest BCUT2D eigenvalue weighted by atomic mass is 9.99. The van der Waals surface area contributed by atoms with Gasteiger partial charge in [-0.3, -0.25) is 0 Å². The van der Waals surface area contributed by atoms with Crippen molar-refractivity contribution >= 4 is 17.6 Å². The minimum Gasteiger partial charge on any atom is -0.491 e. The third-order valence-electron chi connectivity index (χ3n) is 6.28. The topological polar surface area (TPSA) is 126 Å². The lowest BCUT2D eigenvalue weighted by molar-refractivity contribution is -0.137. The number of fused-ring (bicyclic) bond motifs is 1. The molecular weight excluding hydrogens is 529 g/mol. The van der Waals surface area contributed by atoms with E-state index in [0.717, 1.165) is 11.6 Å². The van der Waals surface area contributed by atoms with Gasteiger partial charge < -0.3 is 25.3 Å². The molecule has 4 heterocycles. The molecule has 0 atom stereocenters. The monoisotopic (exact) mass is 556 g/mol. The van der Waals surface area contributed by atoms with Gasteiger partial charge in [-0.15, -0.1) is 0 Å². The molecule has 0 bridgehead atoms. The van der Waals surface area contributed by atoms with Crippen molar-refractivity contribution in [1.29, 1.82) is 0 Å². The Morgan fingerprint density at radius 1 is 1.18 bits per heavy atom. The molecule has 1 saturated heterocycles. The number of aromatic nitrogens is 4. The first kappa shape index (κ1) is 27.2. The number of aryl methyl sites for hydroxylation is 1. The number of benzene rings is 1. The van der Waals surface area contributed by atoms with E-state index in [9.17, 15) is 18.0 Å². The van der Waals surface area contributed by atoms with Gasteiger partial charge in [0.15, 0.2) is 5.65 Å². The summed E-state index contributed by atoms with van der Waals surface area (Å²) in [6.45, 7) is 6.03. The van der Waals surface area contributed by atoms with E-state index < -0.39 is 29.2 Å². The molecule has 13 heteroatoms. The molecular formula is C27H27F3N6O4. The first-order valence-corrected chi connectivity index (χ1v) is 12.4. The summed E-state index contributed by atoms with van der Waals surface area (Å²) in [5, 5.41) is 7.46. The number of nitrogens with two attached hydrogens (primary N) is 1. The van der Waals surface area contributed by atoms with Gasteiger partial charge in [0.1, 0.15) is 23.7 Å². The number of rotatable bonds is 7. The van der Waals surface area contributed by atoms with Crippen LogP contribution < -0.4 is 15.8 Å². The van der Waals surface area contributed by atoms with Gasteiger partial charge in [0.05, 0.1) is 42.0 Å². The molecule has 1 aliphatic heterocycles. The van der Waals surface area contributed by atoms with E-state index in [2.05, 4.69) is 20.4 Å². The van der Waals surface area contributed by atoms with Gasteiger partial charge in [0, 0.05) is 17.3 Å². The van der Waals surface area contributed by atoms with E-state index in [1.807, 2.05) is 12.1 Å². The number of carbonyl (C=O) groups is 1. The van der Waals surface area contributed by atoms with Crippen LogP contribution in [0.15, 0.2) is 48.7 Å². The molecule has 1 aliphatic rings. The number of carbonyl (C=O) groups excluding carboxylic acids is 1. The zero-order valence-electron chi connectivity index (χ0n) is 22.0. The minimum atomic E-state index is -4.65. The van der Waals surface area contributed by atoms with Crippen LogP contribution in [0.1, 0.15) is 25.1 Å². The van der Waals surface area contributed by atoms with Gasteiger partial charge in [-0.05, 0) is 63.2 Å². The SMILES string of the molecule is Cc1nc2ccc(-c3ccc(OCC4(NC(=O)OC(C)C)COC4)cc3)nn2c1-c1cnc(N)c(C(F)(F)F)c1. The van der Waals surface area contributed by atoms with Crippen LogP contribution in [-0.4, -0.2) is 57.1 Å². The van der Waals surface area contributed by atoms with Gasteiger partial charge >= 0.3 is 12.3 Å². The van der Waals surface area contributed by atoms with Crippen LogP contribution in [0.25, 0.3) is 28.2 Å². The predicted octanol–water partition coefficient (Wildman–Crippen LogP) is 4.65. The lowest BCUT2D eigenvalue weighted by Gasteiger charge is -2.41. The quantitative estimate of drug-likeness (QED) is 0.337. The maximum absolute atomic E-state index is 13.4. The summed E-state index contributed by atoms with van der Waals surface area (Å²) >= 11 is 0. The van der Waals surface area contributed by atoms with Crippen LogP contribution in [0.4, 0.5) is 23.8 Å². The van der Waals surface area contributed by atoms with Gasteiger partial charge in [-0.1, -0.05) is 0 Å². The number of nitrogen functional groups attached to an aromatic ring is 1. The highest BCUT2D eigenvalue weighted by molar-refractivity contribution is 5.70. The maximum Gasteiger partial charge on any atom is 0.419 e. The molecule has 1 fully saturated rings. The van der Waals surface area contributed by atoms with Crippen LogP contribution in [0.3, 0.4) is 0 Å². The average molecular weight is 557 g/mol. The molecule has 1 aromatic carbocycles. The van der Waals surface area contributed by atoms with E-state index in [0.29, 0.717) is 41.7 Å². The molecule has 0 aliphatic carbocycles. The van der Waals surface area contributed by atoms with Crippen molar-refractivity contribution in [3.05, 3.63) is 59.9 Å².